The smallest absolute Gasteiger partial charge is 0.0507 e. The molecule has 1 saturated carbocycles. The molecule has 3 atom stereocenters. The Balaban J connectivity index is 1.64. The summed E-state index contributed by atoms with van der Waals surface area (Å²) in [5.74, 6) is 1.73. The number of nitrogens with one attached hydrogen (secondary N) is 1. The first kappa shape index (κ1) is 13.8. The van der Waals surface area contributed by atoms with Crippen LogP contribution in [-0.4, -0.2) is 49.8 Å². The van der Waals surface area contributed by atoms with E-state index in [-0.39, 0.29) is 0 Å². The van der Waals surface area contributed by atoms with Gasteiger partial charge in [-0.25, -0.2) is 0 Å². The summed E-state index contributed by atoms with van der Waals surface area (Å²) in [6, 6.07) is 1.42. The lowest BCUT2D eigenvalue weighted by atomic mass is 9.83. The summed E-state index contributed by atoms with van der Waals surface area (Å²) in [6.07, 6.45) is 4.14. The molecule has 0 aromatic carbocycles. The average Bonchev–Trinajstić information content (AvgIpc) is 3.07. The van der Waals surface area contributed by atoms with Crippen LogP contribution in [0.15, 0.2) is 0 Å². The van der Waals surface area contributed by atoms with Gasteiger partial charge in [0.25, 0.3) is 0 Å². The Bertz CT molecular complexity index is 300. The van der Waals surface area contributed by atoms with E-state index in [1.165, 1.54) is 32.4 Å². The standard InChI is InChI=1S/C16H30N2O/c1-16(2,3)15-8-17-14(13-4-5-13)10-18(15)9-12-6-7-19-11-12/h12-15,17H,4-11H2,1-3H3. The van der Waals surface area contributed by atoms with E-state index in [0.29, 0.717) is 11.5 Å². The number of hydrogen-bond acceptors (Lipinski definition) is 3. The molecule has 2 saturated heterocycles. The second kappa shape index (κ2) is 5.34. The molecule has 3 rings (SSSR count). The van der Waals surface area contributed by atoms with Crippen LogP contribution in [0.3, 0.4) is 0 Å². The highest BCUT2D eigenvalue weighted by Gasteiger charge is 2.41. The van der Waals surface area contributed by atoms with Crippen LogP contribution in [-0.2, 0) is 4.74 Å². The molecule has 110 valence electrons. The topological polar surface area (TPSA) is 24.5 Å². The SMILES string of the molecule is CC(C)(C)C1CNC(C2CC2)CN1CC1CCOC1. The van der Waals surface area contributed by atoms with Crippen molar-refractivity contribution < 1.29 is 4.74 Å². The Hall–Kier alpha value is -0.120. The summed E-state index contributed by atoms with van der Waals surface area (Å²) < 4.78 is 5.56. The fraction of sp³-hybridized carbons (Fsp3) is 1.00. The summed E-state index contributed by atoms with van der Waals surface area (Å²) >= 11 is 0. The monoisotopic (exact) mass is 266 g/mol. The van der Waals surface area contributed by atoms with Gasteiger partial charge in [-0.3, -0.25) is 4.90 Å². The summed E-state index contributed by atoms with van der Waals surface area (Å²) in [5, 5.41) is 3.82. The third kappa shape index (κ3) is 3.32. The molecule has 3 aliphatic rings. The summed E-state index contributed by atoms with van der Waals surface area (Å²) in [5.41, 5.74) is 0.362. The van der Waals surface area contributed by atoms with Crippen molar-refractivity contribution in [2.24, 2.45) is 17.3 Å². The van der Waals surface area contributed by atoms with Gasteiger partial charge in [0.05, 0.1) is 6.61 Å². The molecule has 3 heteroatoms. The molecular formula is C16H30N2O. The minimum Gasteiger partial charge on any atom is -0.381 e. The number of hydrogen-bond donors (Lipinski definition) is 1. The molecule has 3 nitrogen and oxygen atoms in total. The third-order valence-corrected chi connectivity index (χ3v) is 5.15. The van der Waals surface area contributed by atoms with Crippen LogP contribution in [0.1, 0.15) is 40.0 Å². The van der Waals surface area contributed by atoms with Gasteiger partial charge in [0.1, 0.15) is 0 Å². The molecular weight excluding hydrogens is 236 g/mol. The zero-order valence-corrected chi connectivity index (χ0v) is 12.8. The van der Waals surface area contributed by atoms with Crippen molar-refractivity contribution >= 4 is 0 Å². The van der Waals surface area contributed by atoms with Gasteiger partial charge in [0.2, 0.25) is 0 Å². The van der Waals surface area contributed by atoms with E-state index in [9.17, 15) is 0 Å². The molecule has 0 aromatic heterocycles. The van der Waals surface area contributed by atoms with Crippen LogP contribution in [0.25, 0.3) is 0 Å². The Morgan fingerprint density at radius 2 is 2.00 bits per heavy atom. The molecule has 19 heavy (non-hydrogen) atoms. The lowest BCUT2D eigenvalue weighted by Gasteiger charge is -2.47. The van der Waals surface area contributed by atoms with Gasteiger partial charge in [0.15, 0.2) is 0 Å². The quantitative estimate of drug-likeness (QED) is 0.847. The molecule has 0 aromatic rings. The van der Waals surface area contributed by atoms with Crippen molar-refractivity contribution in [1.82, 2.24) is 10.2 Å². The predicted octanol–water partition coefficient (Wildman–Crippen LogP) is 2.12. The highest BCUT2D eigenvalue weighted by atomic mass is 16.5. The van der Waals surface area contributed by atoms with Crippen LogP contribution < -0.4 is 5.32 Å². The Kier molecular flexibility index (Phi) is 3.89. The number of piperazine rings is 1. The number of ether oxygens (including phenoxy) is 1. The molecule has 0 amide bonds. The van der Waals surface area contributed by atoms with Crippen LogP contribution in [0, 0.1) is 17.3 Å². The normalized spacial score (nSPS) is 37.7. The fourth-order valence-corrected chi connectivity index (χ4v) is 3.77. The van der Waals surface area contributed by atoms with E-state index >= 15 is 0 Å². The minimum atomic E-state index is 0.362. The second-order valence-corrected chi connectivity index (χ2v) is 7.92. The maximum atomic E-state index is 5.56. The highest BCUT2D eigenvalue weighted by molar-refractivity contribution is 4.98. The van der Waals surface area contributed by atoms with Crippen LogP contribution in [0.5, 0.6) is 0 Å². The minimum absolute atomic E-state index is 0.362. The molecule has 3 unspecified atom stereocenters. The number of rotatable bonds is 3. The first-order valence-electron chi connectivity index (χ1n) is 8.09. The van der Waals surface area contributed by atoms with Gasteiger partial charge in [-0.2, -0.15) is 0 Å². The van der Waals surface area contributed by atoms with E-state index in [0.717, 1.165) is 37.6 Å². The molecule has 0 bridgehead atoms. The summed E-state index contributed by atoms with van der Waals surface area (Å²) in [6.45, 7) is 12.8. The van der Waals surface area contributed by atoms with Gasteiger partial charge in [-0.15, -0.1) is 0 Å². The van der Waals surface area contributed by atoms with Gasteiger partial charge < -0.3 is 10.1 Å². The molecule has 3 fully saturated rings. The zero-order valence-electron chi connectivity index (χ0n) is 12.8. The Labute approximate surface area is 118 Å². The molecule has 1 aliphatic carbocycles. The molecule has 1 N–H and O–H groups in total. The van der Waals surface area contributed by atoms with Gasteiger partial charge in [0, 0.05) is 38.3 Å². The van der Waals surface area contributed by atoms with E-state index in [2.05, 4.69) is 31.0 Å². The van der Waals surface area contributed by atoms with Crippen molar-refractivity contribution in [2.45, 2.75) is 52.1 Å². The molecule has 0 spiro atoms. The van der Waals surface area contributed by atoms with Gasteiger partial charge in [-0.1, -0.05) is 20.8 Å². The zero-order chi connectivity index (χ0) is 13.5. The van der Waals surface area contributed by atoms with Crippen LogP contribution in [0.2, 0.25) is 0 Å². The van der Waals surface area contributed by atoms with E-state index < -0.39 is 0 Å². The molecule has 2 heterocycles. The Morgan fingerprint density at radius 1 is 1.21 bits per heavy atom. The lowest BCUT2D eigenvalue weighted by Crippen LogP contribution is -2.61. The predicted molar refractivity (Wildman–Crippen MR) is 78.3 cm³/mol. The van der Waals surface area contributed by atoms with E-state index in [1.54, 1.807) is 0 Å². The van der Waals surface area contributed by atoms with Gasteiger partial charge in [-0.05, 0) is 36.5 Å². The molecule has 0 radical (unpaired) electrons. The first-order chi connectivity index (χ1) is 9.04. The maximum Gasteiger partial charge on any atom is 0.0507 e. The van der Waals surface area contributed by atoms with Crippen molar-refractivity contribution in [2.75, 3.05) is 32.8 Å². The highest BCUT2D eigenvalue weighted by Crippen LogP contribution is 2.36. The average molecular weight is 266 g/mol. The Morgan fingerprint density at radius 3 is 2.58 bits per heavy atom. The van der Waals surface area contributed by atoms with Crippen LogP contribution in [0.4, 0.5) is 0 Å². The van der Waals surface area contributed by atoms with Crippen molar-refractivity contribution in [1.29, 1.82) is 0 Å². The summed E-state index contributed by atoms with van der Waals surface area (Å²) in [7, 11) is 0. The molecule has 2 aliphatic heterocycles. The fourth-order valence-electron chi connectivity index (χ4n) is 3.77. The largest absolute Gasteiger partial charge is 0.381 e. The van der Waals surface area contributed by atoms with Crippen LogP contribution >= 0.6 is 0 Å². The lowest BCUT2D eigenvalue weighted by molar-refractivity contribution is 0.0368. The van der Waals surface area contributed by atoms with E-state index in [1.807, 2.05) is 0 Å². The second-order valence-electron chi connectivity index (χ2n) is 7.92. The van der Waals surface area contributed by atoms with Crippen molar-refractivity contribution in [3.63, 3.8) is 0 Å². The number of nitrogens with zero attached hydrogens (tertiary/aromatic N) is 1. The summed E-state index contributed by atoms with van der Waals surface area (Å²) in [4.78, 5) is 2.78. The van der Waals surface area contributed by atoms with Gasteiger partial charge >= 0.3 is 0 Å². The maximum absolute atomic E-state index is 5.56. The van der Waals surface area contributed by atoms with Crippen molar-refractivity contribution in [3.05, 3.63) is 0 Å². The third-order valence-electron chi connectivity index (χ3n) is 5.15. The van der Waals surface area contributed by atoms with Crippen molar-refractivity contribution in [3.8, 4) is 0 Å². The van der Waals surface area contributed by atoms with E-state index in [4.69, 9.17) is 4.74 Å². The first-order valence-corrected chi connectivity index (χ1v) is 8.09.